The molecule has 1 aliphatic carbocycles. The Bertz CT molecular complexity index is 544. The average Bonchev–Trinajstić information content (AvgIpc) is 2.97. The van der Waals surface area contributed by atoms with E-state index in [-0.39, 0.29) is 6.04 Å². The molecular formula is C16H19NO. The second-order valence-corrected chi connectivity index (χ2v) is 5.13. The number of benzene rings is 1. The van der Waals surface area contributed by atoms with Crippen molar-refractivity contribution in [3.05, 3.63) is 59.0 Å². The smallest absolute Gasteiger partial charge is 0.120 e. The summed E-state index contributed by atoms with van der Waals surface area (Å²) in [7, 11) is 0. The van der Waals surface area contributed by atoms with Gasteiger partial charge >= 0.3 is 0 Å². The number of hydrogen-bond acceptors (Lipinski definition) is 2. The zero-order valence-electron chi connectivity index (χ0n) is 10.9. The maximum Gasteiger partial charge on any atom is 0.120 e. The maximum absolute atomic E-state index is 5.68. The summed E-state index contributed by atoms with van der Waals surface area (Å²) in [6, 6.07) is 13.5. The summed E-state index contributed by atoms with van der Waals surface area (Å²) in [5, 5.41) is 3.67. The molecule has 1 heterocycles. The molecule has 94 valence electrons. The van der Waals surface area contributed by atoms with Crippen molar-refractivity contribution < 1.29 is 4.42 Å². The van der Waals surface area contributed by atoms with Gasteiger partial charge in [0.1, 0.15) is 11.5 Å². The molecular weight excluding hydrogens is 222 g/mol. The summed E-state index contributed by atoms with van der Waals surface area (Å²) >= 11 is 0. The van der Waals surface area contributed by atoms with Gasteiger partial charge in [-0.3, -0.25) is 0 Å². The summed E-state index contributed by atoms with van der Waals surface area (Å²) in [6.07, 6.45) is 2.36. The van der Waals surface area contributed by atoms with E-state index < -0.39 is 0 Å². The summed E-state index contributed by atoms with van der Waals surface area (Å²) in [6.45, 7) is 4.15. The lowest BCUT2D eigenvalue weighted by atomic mass is 10.1. The van der Waals surface area contributed by atoms with Gasteiger partial charge in [0.05, 0.1) is 6.04 Å². The Morgan fingerprint density at radius 3 is 2.83 bits per heavy atom. The van der Waals surface area contributed by atoms with Crippen LogP contribution in [-0.4, -0.2) is 0 Å². The Balaban J connectivity index is 1.75. The molecule has 0 bridgehead atoms. The molecule has 0 aliphatic heterocycles. The van der Waals surface area contributed by atoms with Crippen LogP contribution in [0, 0.1) is 6.92 Å². The minimum absolute atomic E-state index is 0.259. The summed E-state index contributed by atoms with van der Waals surface area (Å²) in [4.78, 5) is 0. The first-order chi connectivity index (χ1) is 8.74. The average molecular weight is 241 g/mol. The number of furan rings is 1. The van der Waals surface area contributed by atoms with Crippen molar-refractivity contribution in [2.24, 2.45) is 0 Å². The molecule has 2 aromatic rings. The quantitative estimate of drug-likeness (QED) is 0.881. The van der Waals surface area contributed by atoms with Gasteiger partial charge in [0, 0.05) is 6.04 Å². The van der Waals surface area contributed by atoms with Gasteiger partial charge in [-0.05, 0) is 49.9 Å². The Morgan fingerprint density at radius 1 is 1.22 bits per heavy atom. The molecule has 2 heteroatoms. The van der Waals surface area contributed by atoms with Gasteiger partial charge in [-0.1, -0.05) is 24.3 Å². The van der Waals surface area contributed by atoms with Crippen molar-refractivity contribution in [3.8, 4) is 0 Å². The number of hydrogen-bond donors (Lipinski definition) is 1. The van der Waals surface area contributed by atoms with Crippen LogP contribution < -0.4 is 5.32 Å². The van der Waals surface area contributed by atoms with E-state index in [1.807, 2.05) is 13.0 Å². The first-order valence-corrected chi connectivity index (χ1v) is 6.64. The normalized spacial score (nSPS) is 19.8. The van der Waals surface area contributed by atoms with E-state index in [2.05, 4.69) is 42.6 Å². The third kappa shape index (κ3) is 2.08. The highest BCUT2D eigenvalue weighted by molar-refractivity contribution is 5.34. The van der Waals surface area contributed by atoms with Crippen LogP contribution in [-0.2, 0) is 6.42 Å². The summed E-state index contributed by atoms with van der Waals surface area (Å²) < 4.78 is 5.68. The zero-order chi connectivity index (χ0) is 12.5. The van der Waals surface area contributed by atoms with Gasteiger partial charge < -0.3 is 9.73 Å². The van der Waals surface area contributed by atoms with Crippen molar-refractivity contribution in [1.29, 1.82) is 0 Å². The Kier molecular flexibility index (Phi) is 2.96. The van der Waals surface area contributed by atoms with Crippen LogP contribution in [0.5, 0.6) is 0 Å². The summed E-state index contributed by atoms with van der Waals surface area (Å²) in [5.41, 5.74) is 2.94. The van der Waals surface area contributed by atoms with Crippen molar-refractivity contribution in [2.45, 2.75) is 38.8 Å². The molecule has 2 unspecified atom stereocenters. The standard InChI is InChI=1S/C16H19NO/c1-11-7-10-16(18-11)12(2)17-15-9-8-13-5-3-4-6-14(13)15/h3-7,10,12,15,17H,8-9H2,1-2H3. The largest absolute Gasteiger partial charge is 0.465 e. The number of rotatable bonds is 3. The van der Waals surface area contributed by atoms with Crippen LogP contribution in [0.15, 0.2) is 40.8 Å². The zero-order valence-corrected chi connectivity index (χ0v) is 10.9. The van der Waals surface area contributed by atoms with E-state index in [1.54, 1.807) is 0 Å². The molecule has 2 atom stereocenters. The molecule has 0 radical (unpaired) electrons. The highest BCUT2D eigenvalue weighted by Crippen LogP contribution is 2.32. The molecule has 0 spiro atoms. The molecule has 1 N–H and O–H groups in total. The van der Waals surface area contributed by atoms with E-state index in [0.29, 0.717) is 6.04 Å². The fraction of sp³-hybridized carbons (Fsp3) is 0.375. The SMILES string of the molecule is Cc1ccc(C(C)NC2CCc3ccccc32)o1. The van der Waals surface area contributed by atoms with Crippen LogP contribution in [0.4, 0.5) is 0 Å². The van der Waals surface area contributed by atoms with Gasteiger partial charge in [0.15, 0.2) is 0 Å². The van der Waals surface area contributed by atoms with Crippen molar-refractivity contribution in [1.82, 2.24) is 5.32 Å². The third-order valence-corrected chi connectivity index (χ3v) is 3.77. The van der Waals surface area contributed by atoms with Crippen LogP contribution in [0.25, 0.3) is 0 Å². The van der Waals surface area contributed by atoms with Crippen LogP contribution in [0.2, 0.25) is 0 Å². The molecule has 1 aromatic heterocycles. The van der Waals surface area contributed by atoms with E-state index in [4.69, 9.17) is 4.42 Å². The van der Waals surface area contributed by atoms with Gasteiger partial charge in [-0.2, -0.15) is 0 Å². The van der Waals surface area contributed by atoms with Crippen LogP contribution in [0.1, 0.15) is 48.1 Å². The van der Waals surface area contributed by atoms with E-state index >= 15 is 0 Å². The van der Waals surface area contributed by atoms with Gasteiger partial charge in [0.2, 0.25) is 0 Å². The molecule has 0 saturated heterocycles. The molecule has 18 heavy (non-hydrogen) atoms. The molecule has 3 rings (SSSR count). The van der Waals surface area contributed by atoms with Gasteiger partial charge in [-0.15, -0.1) is 0 Å². The Labute approximate surface area is 108 Å². The molecule has 0 amide bonds. The minimum atomic E-state index is 0.259. The predicted octanol–water partition coefficient (Wildman–Crippen LogP) is 3.93. The summed E-state index contributed by atoms with van der Waals surface area (Å²) in [5.74, 6) is 2.00. The van der Waals surface area contributed by atoms with E-state index in [1.165, 1.54) is 24.0 Å². The Hall–Kier alpha value is -1.54. The lowest BCUT2D eigenvalue weighted by molar-refractivity contribution is 0.382. The number of aryl methyl sites for hydroxylation is 2. The van der Waals surface area contributed by atoms with Crippen molar-refractivity contribution in [2.75, 3.05) is 0 Å². The topological polar surface area (TPSA) is 25.2 Å². The fourth-order valence-corrected chi connectivity index (χ4v) is 2.80. The minimum Gasteiger partial charge on any atom is -0.465 e. The first kappa shape index (κ1) is 11.5. The fourth-order valence-electron chi connectivity index (χ4n) is 2.80. The number of fused-ring (bicyclic) bond motifs is 1. The molecule has 2 nitrogen and oxygen atoms in total. The van der Waals surface area contributed by atoms with Gasteiger partial charge in [0.25, 0.3) is 0 Å². The highest BCUT2D eigenvalue weighted by atomic mass is 16.3. The second-order valence-electron chi connectivity index (χ2n) is 5.13. The maximum atomic E-state index is 5.68. The lowest BCUT2D eigenvalue weighted by Gasteiger charge is -2.18. The van der Waals surface area contributed by atoms with Gasteiger partial charge in [-0.25, -0.2) is 0 Å². The molecule has 1 aliphatic rings. The second kappa shape index (κ2) is 4.62. The Morgan fingerprint density at radius 2 is 2.06 bits per heavy atom. The molecule has 0 saturated carbocycles. The van der Waals surface area contributed by atoms with E-state index in [9.17, 15) is 0 Å². The third-order valence-electron chi connectivity index (χ3n) is 3.77. The van der Waals surface area contributed by atoms with Crippen molar-refractivity contribution >= 4 is 0 Å². The molecule has 1 aromatic carbocycles. The first-order valence-electron chi connectivity index (χ1n) is 6.64. The van der Waals surface area contributed by atoms with E-state index in [0.717, 1.165) is 11.5 Å². The monoisotopic (exact) mass is 241 g/mol. The lowest BCUT2D eigenvalue weighted by Crippen LogP contribution is -2.22. The van der Waals surface area contributed by atoms with Crippen LogP contribution >= 0.6 is 0 Å². The predicted molar refractivity (Wildman–Crippen MR) is 72.5 cm³/mol. The highest BCUT2D eigenvalue weighted by Gasteiger charge is 2.24. The van der Waals surface area contributed by atoms with Crippen molar-refractivity contribution in [3.63, 3.8) is 0 Å². The van der Waals surface area contributed by atoms with Crippen LogP contribution in [0.3, 0.4) is 0 Å². The number of nitrogens with one attached hydrogen (secondary N) is 1. The molecule has 0 fully saturated rings.